The third-order valence-electron chi connectivity index (χ3n) is 3.85. The molecule has 2 aromatic heterocycles. The van der Waals surface area contributed by atoms with Crippen molar-refractivity contribution < 1.29 is 14.3 Å². The molecule has 1 aromatic carbocycles. The number of hydrogen-bond acceptors (Lipinski definition) is 4. The van der Waals surface area contributed by atoms with Gasteiger partial charge in [-0.15, -0.1) is 0 Å². The maximum atomic E-state index is 13.2. The van der Waals surface area contributed by atoms with Gasteiger partial charge < -0.3 is 10.4 Å². The Balaban J connectivity index is 1.94. The molecule has 1 amide bonds. The van der Waals surface area contributed by atoms with Crippen LogP contribution in [0.3, 0.4) is 0 Å². The second-order valence-electron chi connectivity index (χ2n) is 6.39. The summed E-state index contributed by atoms with van der Waals surface area (Å²) in [6.45, 7) is 3.05. The summed E-state index contributed by atoms with van der Waals surface area (Å²) in [4.78, 5) is 30.9. The molecule has 1 atom stereocenters. The third kappa shape index (κ3) is 3.61. The van der Waals surface area contributed by atoms with Crippen molar-refractivity contribution in [3.63, 3.8) is 0 Å². The number of fused-ring (bicyclic) bond motifs is 1. The Morgan fingerprint density at radius 1 is 1.38 bits per heavy atom. The van der Waals surface area contributed by atoms with Crippen molar-refractivity contribution in [2.24, 2.45) is 0 Å². The third-order valence-corrected chi connectivity index (χ3v) is 4.06. The summed E-state index contributed by atoms with van der Waals surface area (Å²) in [5.41, 5.74) is -1.14. The summed E-state index contributed by atoms with van der Waals surface area (Å²) < 4.78 is 14.3. The van der Waals surface area contributed by atoms with Gasteiger partial charge in [0, 0.05) is 12.3 Å². The number of hydrogen-bond donors (Lipinski definition) is 3. The van der Waals surface area contributed by atoms with Gasteiger partial charge in [-0.1, -0.05) is 23.7 Å². The van der Waals surface area contributed by atoms with E-state index in [0.29, 0.717) is 5.56 Å². The van der Waals surface area contributed by atoms with E-state index in [2.05, 4.69) is 15.3 Å². The number of carbonyl (C=O) groups excluding carboxylic acids is 1. The molecule has 0 aliphatic carbocycles. The van der Waals surface area contributed by atoms with Gasteiger partial charge in [-0.25, -0.2) is 14.2 Å². The average Bonchev–Trinajstić information content (AvgIpc) is 2.97. The van der Waals surface area contributed by atoms with E-state index in [4.69, 9.17) is 11.6 Å². The molecule has 0 spiro atoms. The topological polar surface area (TPSA) is 99.5 Å². The molecule has 26 heavy (non-hydrogen) atoms. The summed E-state index contributed by atoms with van der Waals surface area (Å²) in [6.07, 6.45) is 1.27. The van der Waals surface area contributed by atoms with Crippen LogP contribution in [0.5, 0.6) is 0 Å². The van der Waals surface area contributed by atoms with Crippen LogP contribution in [-0.4, -0.2) is 31.0 Å². The number of carbonyl (C=O) groups is 1. The molecule has 7 nitrogen and oxygen atoms in total. The molecule has 0 saturated carbocycles. The number of aliphatic hydroxyl groups is 1. The normalized spacial score (nSPS) is 13.0. The van der Waals surface area contributed by atoms with E-state index in [-0.39, 0.29) is 16.5 Å². The Labute approximate surface area is 152 Å². The van der Waals surface area contributed by atoms with E-state index in [1.807, 2.05) is 0 Å². The molecule has 0 aliphatic rings. The lowest BCUT2D eigenvalue weighted by molar-refractivity contribution is 0.0342. The lowest BCUT2D eigenvalue weighted by Crippen LogP contribution is -2.42. The van der Waals surface area contributed by atoms with Gasteiger partial charge in [0.15, 0.2) is 0 Å². The molecular weight excluding hydrogens is 363 g/mol. The number of amides is 1. The Kier molecular flexibility index (Phi) is 4.55. The van der Waals surface area contributed by atoms with Crippen molar-refractivity contribution in [2.45, 2.75) is 25.5 Å². The zero-order chi connectivity index (χ0) is 19.1. The van der Waals surface area contributed by atoms with Gasteiger partial charge in [-0.05, 0) is 31.5 Å². The Hall–Kier alpha value is -2.71. The maximum absolute atomic E-state index is 13.2. The van der Waals surface area contributed by atoms with Crippen molar-refractivity contribution in [3.8, 4) is 0 Å². The van der Waals surface area contributed by atoms with E-state index in [1.54, 1.807) is 0 Å². The molecule has 9 heteroatoms. The van der Waals surface area contributed by atoms with Gasteiger partial charge >= 0.3 is 5.69 Å². The first-order valence-corrected chi connectivity index (χ1v) is 8.09. The van der Waals surface area contributed by atoms with Crippen molar-refractivity contribution in [2.75, 3.05) is 0 Å². The van der Waals surface area contributed by atoms with E-state index in [0.717, 1.165) is 4.40 Å². The summed E-state index contributed by atoms with van der Waals surface area (Å²) in [5, 5.41) is 13.2. The lowest BCUT2D eigenvalue weighted by Gasteiger charge is -2.30. The van der Waals surface area contributed by atoms with Crippen LogP contribution in [0.25, 0.3) is 5.65 Å². The summed E-state index contributed by atoms with van der Waals surface area (Å²) in [6, 6.07) is 6.04. The SMILES string of the molecule is CC(C)(O)C(NC(=O)c1cn2c(=O)[nH]c(Cl)cc2n1)c1ccc(F)cc1. The van der Waals surface area contributed by atoms with Crippen LogP contribution in [0.1, 0.15) is 35.9 Å². The quantitative estimate of drug-likeness (QED) is 0.605. The minimum Gasteiger partial charge on any atom is -0.388 e. The zero-order valence-electron chi connectivity index (χ0n) is 14.0. The van der Waals surface area contributed by atoms with Crippen molar-refractivity contribution >= 4 is 23.2 Å². The van der Waals surface area contributed by atoms with Crippen molar-refractivity contribution in [1.82, 2.24) is 19.7 Å². The highest BCUT2D eigenvalue weighted by atomic mass is 35.5. The van der Waals surface area contributed by atoms with Crippen LogP contribution in [0.4, 0.5) is 4.39 Å². The standard InChI is InChI=1S/C17H16ClFN4O3/c1-17(2,26)14(9-3-5-10(19)6-4-9)22-15(24)11-8-23-13(20-11)7-12(18)21-16(23)25/h3-8,14,26H,1-2H3,(H,21,25)(H,22,24). The molecule has 0 fully saturated rings. The van der Waals surface area contributed by atoms with E-state index < -0.39 is 29.1 Å². The van der Waals surface area contributed by atoms with E-state index in [1.165, 1.54) is 50.4 Å². The van der Waals surface area contributed by atoms with Gasteiger partial charge in [0.1, 0.15) is 22.3 Å². The smallest absolute Gasteiger partial charge is 0.332 e. The predicted molar refractivity (Wildman–Crippen MR) is 93.7 cm³/mol. The fourth-order valence-electron chi connectivity index (χ4n) is 2.61. The molecular formula is C17H16ClFN4O3. The van der Waals surface area contributed by atoms with Crippen molar-refractivity contribution in [1.29, 1.82) is 0 Å². The Morgan fingerprint density at radius 3 is 2.65 bits per heavy atom. The number of imidazole rings is 1. The minimum atomic E-state index is -1.33. The number of benzene rings is 1. The van der Waals surface area contributed by atoms with Gasteiger partial charge in [0.2, 0.25) is 0 Å². The van der Waals surface area contributed by atoms with Crippen molar-refractivity contribution in [3.05, 3.63) is 69.2 Å². The number of aromatic amines is 1. The molecule has 0 radical (unpaired) electrons. The van der Waals surface area contributed by atoms with Crippen LogP contribution >= 0.6 is 11.6 Å². The highest BCUT2D eigenvalue weighted by Gasteiger charge is 2.31. The second-order valence-corrected chi connectivity index (χ2v) is 6.80. The molecule has 136 valence electrons. The molecule has 2 heterocycles. The summed E-state index contributed by atoms with van der Waals surface area (Å²) in [5.74, 6) is -1.02. The summed E-state index contributed by atoms with van der Waals surface area (Å²) >= 11 is 5.78. The van der Waals surface area contributed by atoms with Crippen LogP contribution in [-0.2, 0) is 0 Å². The largest absolute Gasteiger partial charge is 0.388 e. The van der Waals surface area contributed by atoms with Crippen LogP contribution < -0.4 is 11.0 Å². The fraction of sp³-hybridized carbons (Fsp3) is 0.235. The predicted octanol–water partition coefficient (Wildman–Crippen LogP) is 2.06. The maximum Gasteiger partial charge on any atom is 0.332 e. The Bertz CT molecular complexity index is 1020. The molecule has 0 bridgehead atoms. The van der Waals surface area contributed by atoms with E-state index in [9.17, 15) is 19.1 Å². The minimum absolute atomic E-state index is 0.0193. The number of nitrogens with one attached hydrogen (secondary N) is 2. The first-order valence-electron chi connectivity index (χ1n) is 7.72. The molecule has 3 N–H and O–H groups in total. The highest BCUT2D eigenvalue weighted by Crippen LogP contribution is 2.26. The average molecular weight is 379 g/mol. The van der Waals surface area contributed by atoms with Crippen LogP contribution in [0.15, 0.2) is 41.3 Å². The van der Waals surface area contributed by atoms with E-state index >= 15 is 0 Å². The van der Waals surface area contributed by atoms with Gasteiger partial charge in [0.05, 0.1) is 11.6 Å². The Morgan fingerprint density at radius 2 is 2.04 bits per heavy atom. The second kappa shape index (κ2) is 6.54. The fourth-order valence-corrected chi connectivity index (χ4v) is 2.79. The highest BCUT2D eigenvalue weighted by molar-refractivity contribution is 6.29. The number of nitrogens with zero attached hydrogens (tertiary/aromatic N) is 2. The van der Waals surface area contributed by atoms with Gasteiger partial charge in [-0.3, -0.25) is 14.2 Å². The molecule has 0 saturated heterocycles. The zero-order valence-corrected chi connectivity index (χ0v) is 14.7. The summed E-state index contributed by atoms with van der Waals surface area (Å²) in [7, 11) is 0. The van der Waals surface area contributed by atoms with Gasteiger partial charge in [0.25, 0.3) is 5.91 Å². The number of rotatable bonds is 4. The molecule has 0 aliphatic heterocycles. The van der Waals surface area contributed by atoms with Crippen LogP contribution in [0.2, 0.25) is 5.15 Å². The molecule has 1 unspecified atom stereocenters. The van der Waals surface area contributed by atoms with Crippen LogP contribution in [0, 0.1) is 5.82 Å². The number of aromatic nitrogens is 3. The first-order chi connectivity index (χ1) is 12.1. The monoisotopic (exact) mass is 378 g/mol. The number of halogens is 2. The lowest BCUT2D eigenvalue weighted by atomic mass is 9.91. The van der Waals surface area contributed by atoms with Gasteiger partial charge in [-0.2, -0.15) is 0 Å². The number of H-pyrrole nitrogens is 1. The first kappa shape index (κ1) is 18.1. The molecule has 3 aromatic rings. The molecule has 3 rings (SSSR count).